The third-order valence-electron chi connectivity index (χ3n) is 26.8. The fourth-order valence-electron chi connectivity index (χ4n) is 18.4. The second-order valence-electron chi connectivity index (χ2n) is 38.2. The maximum absolute atomic E-state index is 16.5. The van der Waals surface area contributed by atoms with Crippen LogP contribution < -0.4 is 77.7 Å². The van der Waals surface area contributed by atoms with E-state index in [0.29, 0.717) is 0 Å². The number of amides is 9. The van der Waals surface area contributed by atoms with Gasteiger partial charge in [0.15, 0.2) is 48.7 Å². The number of likely N-dealkylation sites (N-methyl/N-ethyl adjacent to an activating group) is 1. The first-order valence-electron chi connectivity index (χ1n) is 48.8. The predicted octanol–water partition coefficient (Wildman–Crippen LogP) is -1.06. The van der Waals surface area contributed by atoms with E-state index >= 15 is 28.8 Å². The summed E-state index contributed by atoms with van der Waals surface area (Å²) in [5.74, 6) is -17.6. The van der Waals surface area contributed by atoms with Crippen molar-refractivity contribution in [3.05, 3.63) is 147 Å². The average Bonchev–Trinajstić information content (AvgIpc) is 0.758. The van der Waals surface area contributed by atoms with E-state index in [1.807, 2.05) is 24.5 Å². The van der Waals surface area contributed by atoms with Crippen LogP contribution in [0, 0.1) is 5.92 Å². The number of pyridine rings is 1. The lowest BCUT2D eigenvalue weighted by molar-refractivity contribution is -0.697. The largest absolute Gasteiger partial charge is 0.508 e. The molecule has 0 spiro atoms. The molecule has 27 atom stereocenters. The molecular weight excluding hydrogens is 1970 g/mol. The maximum atomic E-state index is 16.5. The number of aliphatic hydroxyl groups is 14. The van der Waals surface area contributed by atoms with Crippen LogP contribution in [0.5, 0.6) is 46.0 Å². The second-order valence-corrected chi connectivity index (χ2v) is 39.0. The van der Waals surface area contributed by atoms with Crippen molar-refractivity contribution in [2.24, 2.45) is 11.7 Å². The topological polar surface area (TPSA) is 722 Å². The summed E-state index contributed by atoms with van der Waals surface area (Å²) in [5, 5.41) is 217. The minimum absolute atomic E-state index is 0.142. The highest BCUT2D eigenvalue weighted by molar-refractivity contribution is 6.32. The lowest BCUT2D eigenvalue weighted by Crippen LogP contribution is -2.65. The van der Waals surface area contributed by atoms with Gasteiger partial charge in [0.2, 0.25) is 59.3 Å². The Labute approximate surface area is 855 Å². The highest BCUT2D eigenvalue weighted by Crippen LogP contribution is 2.51. The van der Waals surface area contributed by atoms with Crippen LogP contribution in [-0.2, 0) is 79.9 Å². The molecule has 1 aromatic heterocycles. The molecule has 9 amide bonds. The van der Waals surface area contributed by atoms with Gasteiger partial charge in [0.25, 0.3) is 5.91 Å². The van der Waals surface area contributed by atoms with Gasteiger partial charge in [-0.05, 0) is 134 Å². The fraction of sp³-hybridized carbons (Fsp3) is 0.556. The number of aliphatic hydroxyl groups excluding tert-OH is 14. The van der Waals surface area contributed by atoms with Gasteiger partial charge in [0.05, 0.1) is 54.5 Å². The number of unbranched alkanes of at least 4 members (excludes halogenated alkanes) is 9. The number of ether oxygens (including phenoxy) is 8. The number of nitrogens with zero attached hydrogens (tertiary/aromatic N) is 1. The summed E-state index contributed by atoms with van der Waals surface area (Å²) in [5.41, 5.74) is 2.28. The fourth-order valence-corrected chi connectivity index (χ4v) is 18.8. The van der Waals surface area contributed by atoms with Gasteiger partial charge in [-0.25, -0.2) is 4.57 Å². The van der Waals surface area contributed by atoms with Crippen molar-refractivity contribution in [3.63, 3.8) is 0 Å². The molecule has 9 heterocycles. The standard InChI is InChI=1S/C99H132Cl2N12O34/c1-7-8-9-10-11-12-13-14-15-16-28-113-29-24-47(25-30-113)41-106-99(5)40-69(140-46(4)88(99)131)145-87-81(127)79(125)67(44-116)144-98(87)147-86-64-35-51-36-65(86)142-63-23-20-50(34-56(63)101)77(123)75-95(138)110-73(91(134)104-26-17-27-105-96(139)83(129)82(128)85(61(120)42-114)146-97-84(130)80(126)78(124)66(43-115)143-97)54-37-52(117)38-60(119)70(54)53-32-48(18-21-59(53)118)71(92(135)112-75)109-93(136)72(51)108-90(133)58(39-68(102)121)107-94(137)74(111-89(132)57(103-6)31-45(2)3)76(122)49-19-22-62(141-64)55(100)33-49/h18-25,29-30,32-38,45-46,57-58,61,66-67,69,71-85,87-88,97-98,103,106,114-116,120,122-131H,7-17,26-28,31,39-44H2,1-6H3,(H12-,102,104,105,107,108,109,110,111,112,117,118,119,121,132,133,134,135,136,137,138,139)/p+1/t46?,57-,58+,61-,66?,67-,69+,71-,72-,73+,74-,75+,76-,77-,78?,79+,80?,81?,82-,83-,84?,85-,87?,88+,97?,98-,99-/m1/s1. The van der Waals surface area contributed by atoms with E-state index in [1.54, 1.807) is 27.7 Å². The quantitative estimate of drug-likeness (QED) is 0.0162. The first-order valence-corrected chi connectivity index (χ1v) is 49.6. The minimum atomic E-state index is -2.54. The first-order chi connectivity index (χ1) is 70.0. The van der Waals surface area contributed by atoms with Crippen molar-refractivity contribution in [2.45, 2.75) is 302 Å². The van der Waals surface area contributed by atoms with E-state index in [1.165, 1.54) is 64.1 Å². The van der Waals surface area contributed by atoms with Gasteiger partial charge < -0.3 is 184 Å². The number of nitrogens with two attached hydrogens (primary N) is 1. The number of hydrogen-bond donors (Lipinski definition) is 28. The van der Waals surface area contributed by atoms with Crippen molar-refractivity contribution < 1.29 is 172 Å². The summed E-state index contributed by atoms with van der Waals surface area (Å²) >= 11 is 14.5. The summed E-state index contributed by atoms with van der Waals surface area (Å²) in [6.45, 7) is 5.99. The molecule has 0 saturated carbocycles. The zero-order valence-electron chi connectivity index (χ0n) is 81.6. The van der Waals surface area contributed by atoms with Crippen LogP contribution in [0.4, 0.5) is 0 Å². The first kappa shape index (κ1) is 115. The van der Waals surface area contributed by atoms with E-state index in [-0.39, 0.29) is 48.6 Å². The Kier molecular flexibility index (Phi) is 40.6. The molecule has 806 valence electrons. The monoisotopic (exact) mass is 2100 g/mol. The Balaban J connectivity index is 0.937. The molecule has 14 rings (SSSR count). The Bertz CT molecular complexity index is 5570. The zero-order valence-corrected chi connectivity index (χ0v) is 83.1. The van der Waals surface area contributed by atoms with Gasteiger partial charge in [-0.3, -0.25) is 43.2 Å². The number of hydrogen-bond acceptors (Lipinski definition) is 36. The van der Waals surface area contributed by atoms with Gasteiger partial charge in [-0.1, -0.05) is 114 Å². The highest BCUT2D eigenvalue weighted by atomic mass is 35.5. The van der Waals surface area contributed by atoms with Crippen LogP contribution >= 0.6 is 23.2 Å². The number of phenols is 3. The van der Waals surface area contributed by atoms with Crippen molar-refractivity contribution in [2.75, 3.05) is 40.0 Å². The molecule has 48 heteroatoms. The smallest absolute Gasteiger partial charge is 0.251 e. The number of benzene rings is 5. The molecule has 0 radical (unpaired) electrons. The molecule has 8 unspecified atom stereocenters. The normalized spacial score (nSPS) is 27.9. The van der Waals surface area contributed by atoms with E-state index in [0.717, 1.165) is 98.1 Å². The van der Waals surface area contributed by atoms with E-state index in [4.69, 9.17) is 66.8 Å². The van der Waals surface area contributed by atoms with E-state index in [2.05, 4.69) is 64.7 Å². The number of carbonyl (C=O) groups is 9. The molecular formula is C99H133Cl2N12O34+. The second kappa shape index (κ2) is 52.0. The van der Waals surface area contributed by atoms with Crippen molar-refractivity contribution in [3.8, 4) is 57.1 Å². The number of aromatic nitrogens is 1. The summed E-state index contributed by atoms with van der Waals surface area (Å²) in [4.78, 5) is 136. The van der Waals surface area contributed by atoms with Gasteiger partial charge in [0, 0.05) is 67.3 Å². The van der Waals surface area contributed by atoms with Gasteiger partial charge >= 0.3 is 0 Å². The third kappa shape index (κ3) is 28.2. The molecule has 3 saturated heterocycles. The molecule has 8 aliphatic rings. The van der Waals surface area contributed by atoms with Gasteiger partial charge in [-0.15, -0.1) is 0 Å². The molecule has 3 fully saturated rings. The van der Waals surface area contributed by atoms with Gasteiger partial charge in [0.1, 0.15) is 145 Å². The maximum Gasteiger partial charge on any atom is 0.251 e. The summed E-state index contributed by atoms with van der Waals surface area (Å²) in [6.07, 6.45) is -22.6. The molecule has 8 aliphatic heterocycles. The number of aromatic hydroxyl groups is 3. The summed E-state index contributed by atoms with van der Waals surface area (Å²) in [7, 11) is 1.46. The summed E-state index contributed by atoms with van der Waals surface area (Å²) < 4.78 is 52.7. The Morgan fingerprint density at radius 3 is 1.80 bits per heavy atom. The lowest BCUT2D eigenvalue weighted by Gasteiger charge is -2.48. The van der Waals surface area contributed by atoms with Crippen LogP contribution in [-0.4, -0.2) is 314 Å². The lowest BCUT2D eigenvalue weighted by atomic mass is 9.84. The van der Waals surface area contributed by atoms with Crippen LogP contribution in [0.15, 0.2) is 103 Å². The van der Waals surface area contributed by atoms with Gasteiger partial charge in [-0.2, -0.15) is 0 Å². The molecule has 11 bridgehead atoms. The van der Waals surface area contributed by atoms with Crippen molar-refractivity contribution in [1.29, 1.82) is 0 Å². The predicted molar refractivity (Wildman–Crippen MR) is 517 cm³/mol. The molecule has 46 nitrogen and oxygen atoms in total. The number of rotatable bonds is 39. The molecule has 6 aromatic rings. The number of aryl methyl sites for hydroxylation is 1. The Hall–Kier alpha value is -11.0. The number of phenolic OH excluding ortho intramolecular Hbond substituents is 3. The SMILES string of the molecule is CCCCCCCCCCCC[n+]1ccc(CN[C@]2(C)C[C@H](OC3C(O)[C@@H](O)[C@@H](CO)O[C@@H]3Oc3c4cc5cc3Oc3ccc(cc3Cl)[C@@H](O)[C@@H](NC(=O)[C@@H](CC(C)C)NC)C(=O)N[C@@H](CC(N)=O)C(=O)N[C@H]5C(=O)N[C@H]3C(=O)N[C@H](C(=O)N[C@H](C(=O)NCCCNC(=O)[C@H](O)[C@@H](O)[C@H](OC5OC(CO)C(O)C(O)C5O)[C@H](O)CO)c5cc(O)cc(O)c5-c5cc3ccc5O)[C@H](O)c3ccc(c(Cl)c3)O4)OC(C)[C@@H]2O)cc1. The van der Waals surface area contributed by atoms with Crippen molar-refractivity contribution in [1.82, 2.24) is 53.2 Å². The number of primary amides is 1. The molecule has 29 N–H and O–H groups in total. The van der Waals surface area contributed by atoms with Crippen LogP contribution in [0.3, 0.4) is 0 Å². The Morgan fingerprint density at radius 1 is 0.605 bits per heavy atom. The molecule has 147 heavy (non-hydrogen) atoms. The number of fused-ring (bicyclic) bond motifs is 15. The van der Waals surface area contributed by atoms with Crippen LogP contribution in [0.1, 0.15) is 188 Å². The number of carbonyl (C=O) groups excluding carboxylic acids is 9. The van der Waals surface area contributed by atoms with E-state index < -0.39 is 335 Å². The van der Waals surface area contributed by atoms with Crippen LogP contribution in [0.2, 0.25) is 10.0 Å². The molecule has 5 aromatic carbocycles. The summed E-state index contributed by atoms with van der Waals surface area (Å²) in [6, 6.07) is 2.60. The highest BCUT2D eigenvalue weighted by Gasteiger charge is 2.54. The molecule has 0 aliphatic carbocycles. The van der Waals surface area contributed by atoms with Crippen molar-refractivity contribution >= 4 is 76.4 Å². The average molecular weight is 2110 g/mol. The number of nitrogens with one attached hydrogen (secondary N) is 10. The third-order valence-corrected chi connectivity index (χ3v) is 27.4. The van der Waals surface area contributed by atoms with Crippen LogP contribution in [0.25, 0.3) is 11.1 Å². The minimum Gasteiger partial charge on any atom is -0.508 e. The van der Waals surface area contributed by atoms with E-state index in [9.17, 15) is 101 Å². The Morgan fingerprint density at radius 2 is 1.19 bits per heavy atom. The number of halogens is 2. The zero-order chi connectivity index (χ0) is 107.